The summed E-state index contributed by atoms with van der Waals surface area (Å²) in [6.45, 7) is 2.18. The summed E-state index contributed by atoms with van der Waals surface area (Å²) in [5.74, 6) is 0. The quantitative estimate of drug-likeness (QED) is 0.825. The van der Waals surface area contributed by atoms with Crippen molar-refractivity contribution in [2.24, 2.45) is 0 Å². The number of allylic oxidation sites excluding steroid dienone is 1. The number of halogens is 2. The van der Waals surface area contributed by atoms with Crippen LogP contribution in [-0.4, -0.2) is 11.7 Å². The third-order valence-corrected chi connectivity index (χ3v) is 3.04. The molecule has 0 aliphatic heterocycles. The smallest absolute Gasteiger partial charge is 0.0754 e. The van der Waals surface area contributed by atoms with Gasteiger partial charge in [0.05, 0.1) is 6.61 Å². The average molecular weight is 258 g/mol. The van der Waals surface area contributed by atoms with Crippen LogP contribution in [0.1, 0.15) is 19.8 Å². The van der Waals surface area contributed by atoms with E-state index in [2.05, 4.69) is 38.8 Å². The van der Waals surface area contributed by atoms with E-state index in [0.29, 0.717) is 0 Å². The Morgan fingerprint density at radius 2 is 1.89 bits per heavy atom. The van der Waals surface area contributed by atoms with Gasteiger partial charge in [-0.25, -0.2) is 0 Å². The van der Waals surface area contributed by atoms with E-state index in [1.54, 1.807) is 0 Å². The van der Waals surface area contributed by atoms with Gasteiger partial charge in [0.2, 0.25) is 0 Å². The van der Waals surface area contributed by atoms with Crippen molar-refractivity contribution >= 4 is 31.9 Å². The number of aliphatic hydroxyl groups excluding tert-OH is 1. The maximum atomic E-state index is 8.60. The predicted octanol–water partition coefficient (Wildman–Crippen LogP) is 2.78. The van der Waals surface area contributed by atoms with E-state index in [4.69, 9.17) is 5.11 Å². The summed E-state index contributed by atoms with van der Waals surface area (Å²) in [5, 5.41) is 8.60. The molecule has 0 spiro atoms. The zero-order chi connectivity index (χ0) is 7.28. The normalized spacial score (nSPS) is 13.3. The van der Waals surface area contributed by atoms with Crippen molar-refractivity contribution in [2.45, 2.75) is 19.8 Å². The molecule has 0 heterocycles. The molecule has 0 aliphatic rings. The first kappa shape index (κ1) is 9.66. The van der Waals surface area contributed by atoms with Gasteiger partial charge < -0.3 is 5.11 Å². The minimum absolute atomic E-state index is 0.0839. The zero-order valence-corrected chi connectivity index (χ0v) is 8.50. The van der Waals surface area contributed by atoms with Gasteiger partial charge in [-0.2, -0.15) is 0 Å². The standard InChI is InChI=1S/C6H10Br2O/c1-2-3-5(7)6(8)4-9/h9H,2-4H2,1H3/b6-5+. The summed E-state index contributed by atoms with van der Waals surface area (Å²) in [5.41, 5.74) is 0. The first-order chi connectivity index (χ1) is 4.22. The van der Waals surface area contributed by atoms with E-state index in [-0.39, 0.29) is 6.61 Å². The maximum Gasteiger partial charge on any atom is 0.0754 e. The highest BCUT2D eigenvalue weighted by atomic mass is 79.9. The van der Waals surface area contributed by atoms with Crippen LogP contribution < -0.4 is 0 Å². The van der Waals surface area contributed by atoms with E-state index in [9.17, 15) is 0 Å². The molecule has 0 aromatic heterocycles. The molecule has 0 rings (SSSR count). The van der Waals surface area contributed by atoms with Crippen molar-refractivity contribution in [3.8, 4) is 0 Å². The van der Waals surface area contributed by atoms with E-state index < -0.39 is 0 Å². The molecule has 0 radical (unpaired) electrons. The Hall–Kier alpha value is 0.660. The summed E-state index contributed by atoms with van der Waals surface area (Å²) in [6, 6.07) is 0. The van der Waals surface area contributed by atoms with Gasteiger partial charge in [-0.1, -0.05) is 45.2 Å². The van der Waals surface area contributed by atoms with E-state index in [1.165, 1.54) is 0 Å². The van der Waals surface area contributed by atoms with Gasteiger partial charge in [-0.05, 0) is 6.42 Å². The van der Waals surface area contributed by atoms with Crippen LogP contribution in [0.2, 0.25) is 0 Å². The fourth-order valence-corrected chi connectivity index (χ4v) is 1.16. The van der Waals surface area contributed by atoms with Crippen molar-refractivity contribution in [3.05, 3.63) is 8.96 Å². The maximum absolute atomic E-state index is 8.60. The molecule has 0 saturated carbocycles. The van der Waals surface area contributed by atoms with Gasteiger partial charge in [-0.3, -0.25) is 0 Å². The van der Waals surface area contributed by atoms with Crippen molar-refractivity contribution in [2.75, 3.05) is 6.61 Å². The Labute approximate surface area is 72.4 Å². The molecule has 9 heavy (non-hydrogen) atoms. The van der Waals surface area contributed by atoms with Crippen LogP contribution in [0.25, 0.3) is 0 Å². The van der Waals surface area contributed by atoms with Gasteiger partial charge in [-0.15, -0.1) is 0 Å². The lowest BCUT2D eigenvalue weighted by Crippen LogP contribution is -1.83. The molecule has 0 saturated heterocycles. The van der Waals surface area contributed by atoms with E-state index in [0.717, 1.165) is 21.8 Å². The van der Waals surface area contributed by atoms with Crippen LogP contribution in [0, 0.1) is 0 Å². The van der Waals surface area contributed by atoms with Crippen molar-refractivity contribution in [1.29, 1.82) is 0 Å². The van der Waals surface area contributed by atoms with Crippen molar-refractivity contribution in [1.82, 2.24) is 0 Å². The van der Waals surface area contributed by atoms with E-state index >= 15 is 0 Å². The third kappa shape index (κ3) is 4.12. The third-order valence-electron chi connectivity index (χ3n) is 0.903. The highest BCUT2D eigenvalue weighted by Crippen LogP contribution is 2.21. The summed E-state index contributed by atoms with van der Waals surface area (Å²) in [6.07, 6.45) is 2.08. The first-order valence-corrected chi connectivity index (χ1v) is 4.44. The lowest BCUT2D eigenvalue weighted by atomic mass is 10.3. The Kier molecular flexibility index (Phi) is 5.84. The highest BCUT2D eigenvalue weighted by Gasteiger charge is 1.96. The SMILES string of the molecule is CCC/C(Br)=C(\Br)CO. The Bertz CT molecular complexity index is 110. The molecule has 0 unspecified atom stereocenters. The highest BCUT2D eigenvalue weighted by molar-refractivity contribution is 9.14. The molecule has 0 amide bonds. The summed E-state index contributed by atoms with van der Waals surface area (Å²) >= 11 is 6.56. The van der Waals surface area contributed by atoms with Crippen LogP contribution in [0.15, 0.2) is 8.96 Å². The molecule has 0 atom stereocenters. The second kappa shape index (κ2) is 5.45. The number of hydrogen-bond acceptors (Lipinski definition) is 1. The second-order valence-corrected chi connectivity index (χ2v) is 3.63. The Morgan fingerprint density at radius 3 is 2.22 bits per heavy atom. The largest absolute Gasteiger partial charge is 0.391 e. The lowest BCUT2D eigenvalue weighted by Gasteiger charge is -1.97. The van der Waals surface area contributed by atoms with Gasteiger partial charge in [0.25, 0.3) is 0 Å². The van der Waals surface area contributed by atoms with Crippen molar-refractivity contribution in [3.63, 3.8) is 0 Å². The topological polar surface area (TPSA) is 20.2 Å². The minimum Gasteiger partial charge on any atom is -0.391 e. The van der Waals surface area contributed by atoms with Crippen LogP contribution >= 0.6 is 31.9 Å². The van der Waals surface area contributed by atoms with Crippen LogP contribution in [0.5, 0.6) is 0 Å². The Balaban J connectivity index is 3.78. The lowest BCUT2D eigenvalue weighted by molar-refractivity contribution is 0.339. The monoisotopic (exact) mass is 256 g/mol. The van der Waals surface area contributed by atoms with Gasteiger partial charge >= 0.3 is 0 Å². The van der Waals surface area contributed by atoms with Gasteiger partial charge in [0, 0.05) is 8.96 Å². The summed E-state index contributed by atoms with van der Waals surface area (Å²) in [7, 11) is 0. The van der Waals surface area contributed by atoms with Crippen LogP contribution in [0.4, 0.5) is 0 Å². The fourth-order valence-electron chi connectivity index (χ4n) is 0.441. The fraction of sp³-hybridized carbons (Fsp3) is 0.667. The summed E-state index contributed by atoms with van der Waals surface area (Å²) in [4.78, 5) is 0. The zero-order valence-electron chi connectivity index (χ0n) is 5.32. The number of rotatable bonds is 3. The average Bonchev–Trinajstić information content (AvgIpc) is 1.87. The molecular formula is C6H10Br2O. The molecule has 0 aliphatic carbocycles. The molecule has 3 heteroatoms. The van der Waals surface area contributed by atoms with Crippen LogP contribution in [-0.2, 0) is 0 Å². The molecule has 1 N–H and O–H groups in total. The first-order valence-electron chi connectivity index (χ1n) is 2.86. The molecule has 0 aromatic rings. The Morgan fingerprint density at radius 1 is 1.33 bits per heavy atom. The van der Waals surface area contributed by atoms with Crippen molar-refractivity contribution < 1.29 is 5.11 Å². The van der Waals surface area contributed by atoms with E-state index in [1.807, 2.05) is 0 Å². The second-order valence-electron chi connectivity index (χ2n) is 1.72. The minimum atomic E-state index is 0.0839. The molecule has 0 fully saturated rings. The van der Waals surface area contributed by atoms with Gasteiger partial charge in [0.1, 0.15) is 0 Å². The summed E-state index contributed by atoms with van der Waals surface area (Å²) < 4.78 is 1.91. The molecule has 0 bridgehead atoms. The molecular weight excluding hydrogens is 248 g/mol. The molecule has 1 nitrogen and oxygen atoms in total. The number of hydrogen-bond donors (Lipinski definition) is 1. The van der Waals surface area contributed by atoms with Crippen LogP contribution in [0.3, 0.4) is 0 Å². The predicted molar refractivity (Wildman–Crippen MR) is 46.9 cm³/mol. The van der Waals surface area contributed by atoms with Gasteiger partial charge in [0.15, 0.2) is 0 Å². The molecule has 54 valence electrons. The molecule has 0 aromatic carbocycles. The number of aliphatic hydroxyl groups is 1.